The van der Waals surface area contributed by atoms with Gasteiger partial charge in [-0.2, -0.15) is 0 Å². The summed E-state index contributed by atoms with van der Waals surface area (Å²) >= 11 is 6.22. The second kappa shape index (κ2) is 9.68. The summed E-state index contributed by atoms with van der Waals surface area (Å²) in [4.78, 5) is 75.5. The van der Waals surface area contributed by atoms with Crippen molar-refractivity contribution in [1.82, 2.24) is 15.5 Å². The van der Waals surface area contributed by atoms with Crippen molar-refractivity contribution < 1.29 is 33.9 Å². The number of likely N-dealkylation sites (tertiary alicyclic amines) is 1. The molecule has 1 aliphatic heterocycles. The minimum atomic E-state index is -1.23. The van der Waals surface area contributed by atoms with E-state index in [2.05, 4.69) is 16.0 Å². The molecule has 0 radical (unpaired) electrons. The quantitative estimate of drug-likeness (QED) is 0.342. The van der Waals surface area contributed by atoms with Crippen LogP contribution in [0, 0.1) is 16.7 Å². The number of aliphatic carboxylic acids is 1. The number of hydrogen-bond acceptors (Lipinski definition) is 6. The number of carboxylic acids is 1. The first-order valence-electron chi connectivity index (χ1n) is 12.4. The summed E-state index contributed by atoms with van der Waals surface area (Å²) in [5, 5.41) is 17.0. The summed E-state index contributed by atoms with van der Waals surface area (Å²) in [6.07, 6.45) is 1.37. The van der Waals surface area contributed by atoms with Crippen molar-refractivity contribution in [1.29, 1.82) is 0 Å². The molecule has 0 bridgehead atoms. The van der Waals surface area contributed by atoms with E-state index in [-0.39, 0.29) is 33.9 Å². The molecule has 2 aliphatic carbocycles. The molecule has 4 unspecified atom stereocenters. The molecule has 204 valence electrons. The van der Waals surface area contributed by atoms with E-state index in [0.717, 1.165) is 12.8 Å². The van der Waals surface area contributed by atoms with Crippen molar-refractivity contribution in [2.75, 3.05) is 5.32 Å². The SMILES string of the molecule is CC(=O)Nc1ccc(C(=O)NC(C(=O)N2C(C(=O)N[C@H](C=O)CC(=O)O)C3C[C@]34CC24)C(C)(C)C)cc1Cl. The van der Waals surface area contributed by atoms with Crippen molar-refractivity contribution in [3.05, 3.63) is 28.8 Å². The first kappa shape index (κ1) is 27.6. The number of aldehydes is 1. The lowest BCUT2D eigenvalue weighted by Gasteiger charge is -2.37. The molecular weight excluding hydrogens is 516 g/mol. The van der Waals surface area contributed by atoms with Crippen LogP contribution in [0.5, 0.6) is 0 Å². The summed E-state index contributed by atoms with van der Waals surface area (Å²) < 4.78 is 0. The highest BCUT2D eigenvalue weighted by Gasteiger charge is 2.82. The third-order valence-electron chi connectivity index (χ3n) is 7.61. The van der Waals surface area contributed by atoms with Gasteiger partial charge in [-0.15, -0.1) is 0 Å². The first-order chi connectivity index (χ1) is 17.7. The zero-order valence-corrected chi connectivity index (χ0v) is 22.3. The molecule has 1 aromatic carbocycles. The van der Waals surface area contributed by atoms with Crippen molar-refractivity contribution in [3.8, 4) is 0 Å². The second-order valence-corrected chi connectivity index (χ2v) is 11.9. The summed E-state index contributed by atoms with van der Waals surface area (Å²) in [6.45, 7) is 6.73. The minimum absolute atomic E-state index is 0.0648. The standard InChI is InChI=1S/C26H31ClN4O7/c1-12(33)28-17-6-5-13(7-16(17)27)22(36)30-21(25(2,3)4)24(38)31-18-10-26(18)9-15(26)20(31)23(37)29-14(11-32)8-19(34)35/h5-7,11,14-15,18,20-21H,8-10H2,1-4H3,(H,28,33)(H,29,37)(H,30,36)(H,34,35)/t14-,15?,18?,20?,21?,26-/m0/s1. The van der Waals surface area contributed by atoms with Gasteiger partial charge < -0.3 is 30.8 Å². The van der Waals surface area contributed by atoms with Gasteiger partial charge in [0.25, 0.3) is 5.91 Å². The maximum Gasteiger partial charge on any atom is 0.305 e. The molecule has 4 amide bonds. The topological polar surface area (TPSA) is 162 Å². The number of benzene rings is 1. The van der Waals surface area contributed by atoms with Crippen LogP contribution in [0.25, 0.3) is 0 Å². The number of carboxylic acid groups (broad SMARTS) is 1. The number of hydrogen-bond donors (Lipinski definition) is 4. The number of nitrogens with one attached hydrogen (secondary N) is 3. The highest BCUT2D eigenvalue weighted by atomic mass is 35.5. The van der Waals surface area contributed by atoms with Crippen molar-refractivity contribution in [2.24, 2.45) is 16.7 Å². The van der Waals surface area contributed by atoms with E-state index in [1.165, 1.54) is 30.0 Å². The normalized spacial score (nSPS) is 26.2. The summed E-state index contributed by atoms with van der Waals surface area (Å²) in [6, 6.07) is 1.20. The van der Waals surface area contributed by atoms with Crippen molar-refractivity contribution in [2.45, 2.75) is 71.1 Å². The number of amides is 4. The van der Waals surface area contributed by atoms with E-state index in [4.69, 9.17) is 16.7 Å². The van der Waals surface area contributed by atoms with Gasteiger partial charge in [0, 0.05) is 18.5 Å². The van der Waals surface area contributed by atoms with E-state index < -0.39 is 53.7 Å². The molecule has 1 aromatic rings. The highest BCUT2D eigenvalue weighted by molar-refractivity contribution is 6.34. The molecule has 3 aliphatic rings. The molecule has 38 heavy (non-hydrogen) atoms. The van der Waals surface area contributed by atoms with Gasteiger partial charge in [0.05, 0.1) is 23.2 Å². The van der Waals surface area contributed by atoms with Crippen LogP contribution in [0.2, 0.25) is 5.02 Å². The Bertz CT molecular complexity index is 1230. The minimum Gasteiger partial charge on any atom is -0.481 e. The Labute approximate surface area is 224 Å². The monoisotopic (exact) mass is 546 g/mol. The van der Waals surface area contributed by atoms with Gasteiger partial charge in [-0.25, -0.2) is 0 Å². The number of carbonyl (C=O) groups is 6. The Hall–Kier alpha value is -3.47. The van der Waals surface area contributed by atoms with Gasteiger partial charge in [-0.1, -0.05) is 32.4 Å². The number of piperidine rings is 2. The molecule has 1 saturated heterocycles. The molecule has 1 spiro atoms. The summed E-state index contributed by atoms with van der Waals surface area (Å²) in [5.41, 5.74) is -0.298. The molecule has 2 saturated carbocycles. The van der Waals surface area contributed by atoms with E-state index in [1.54, 1.807) is 20.8 Å². The fourth-order valence-electron chi connectivity index (χ4n) is 5.61. The fraction of sp³-hybridized carbons (Fsp3) is 0.538. The van der Waals surface area contributed by atoms with Crippen molar-refractivity contribution in [3.63, 3.8) is 0 Å². The molecular formula is C26H31ClN4O7. The molecule has 4 rings (SSSR count). The lowest BCUT2D eigenvalue weighted by Crippen LogP contribution is -2.60. The Morgan fingerprint density at radius 2 is 1.87 bits per heavy atom. The van der Waals surface area contributed by atoms with Crippen molar-refractivity contribution >= 4 is 53.2 Å². The van der Waals surface area contributed by atoms with Gasteiger partial charge in [0.1, 0.15) is 18.4 Å². The zero-order chi connectivity index (χ0) is 28.2. The summed E-state index contributed by atoms with van der Waals surface area (Å²) in [7, 11) is 0. The number of rotatable bonds is 9. The Morgan fingerprint density at radius 1 is 1.18 bits per heavy atom. The molecule has 4 N–H and O–H groups in total. The molecule has 0 aromatic heterocycles. The second-order valence-electron chi connectivity index (χ2n) is 11.5. The molecule has 11 nitrogen and oxygen atoms in total. The van der Waals surface area contributed by atoms with Crippen LogP contribution in [0.3, 0.4) is 0 Å². The maximum absolute atomic E-state index is 13.9. The highest BCUT2D eigenvalue weighted by Crippen LogP contribution is 2.78. The van der Waals surface area contributed by atoms with E-state index in [1.807, 2.05) is 0 Å². The predicted molar refractivity (Wildman–Crippen MR) is 136 cm³/mol. The molecule has 3 fully saturated rings. The van der Waals surface area contributed by atoms with Crippen LogP contribution in [0.1, 0.15) is 57.3 Å². The first-order valence-corrected chi connectivity index (χ1v) is 12.7. The zero-order valence-electron chi connectivity index (χ0n) is 21.5. The van der Waals surface area contributed by atoms with Crippen LogP contribution in [-0.2, 0) is 24.0 Å². The number of halogens is 1. The van der Waals surface area contributed by atoms with Crippen LogP contribution in [0.15, 0.2) is 18.2 Å². The third-order valence-corrected chi connectivity index (χ3v) is 7.92. The largest absolute Gasteiger partial charge is 0.481 e. The number of carbonyl (C=O) groups excluding carboxylic acids is 5. The summed E-state index contributed by atoms with van der Waals surface area (Å²) in [5.74, 6) is -3.14. The van der Waals surface area contributed by atoms with Gasteiger partial charge in [0.2, 0.25) is 17.7 Å². The molecule has 6 atom stereocenters. The fourth-order valence-corrected chi connectivity index (χ4v) is 5.83. The van der Waals surface area contributed by atoms with Gasteiger partial charge in [-0.05, 0) is 47.8 Å². The van der Waals surface area contributed by atoms with E-state index in [9.17, 15) is 28.8 Å². The Morgan fingerprint density at radius 3 is 2.42 bits per heavy atom. The smallest absolute Gasteiger partial charge is 0.305 e. The lowest BCUT2D eigenvalue weighted by atomic mass is 9.85. The lowest BCUT2D eigenvalue weighted by molar-refractivity contribution is -0.145. The third kappa shape index (κ3) is 5.11. The van der Waals surface area contributed by atoms with E-state index >= 15 is 0 Å². The van der Waals surface area contributed by atoms with E-state index in [0.29, 0.717) is 12.0 Å². The van der Waals surface area contributed by atoms with Gasteiger partial charge in [0.15, 0.2) is 0 Å². The average Bonchev–Trinajstić information content (AvgIpc) is 3.70. The predicted octanol–water partition coefficient (Wildman–Crippen LogP) is 1.59. The molecule has 1 heterocycles. The van der Waals surface area contributed by atoms with Gasteiger partial charge >= 0.3 is 5.97 Å². The number of anilines is 1. The van der Waals surface area contributed by atoms with Crippen LogP contribution in [-0.4, -0.2) is 70.1 Å². The van der Waals surface area contributed by atoms with Crippen LogP contribution >= 0.6 is 11.6 Å². The van der Waals surface area contributed by atoms with Crippen LogP contribution < -0.4 is 16.0 Å². The maximum atomic E-state index is 13.9. The average molecular weight is 547 g/mol. The Kier molecular flexibility index (Phi) is 7.02. The number of nitrogens with zero attached hydrogens (tertiary/aromatic N) is 1. The molecule has 12 heteroatoms. The Balaban J connectivity index is 1.54. The van der Waals surface area contributed by atoms with Gasteiger partial charge in [-0.3, -0.25) is 24.0 Å². The van der Waals surface area contributed by atoms with Crippen LogP contribution in [0.4, 0.5) is 5.69 Å².